The van der Waals surface area contributed by atoms with Crippen molar-refractivity contribution in [3.05, 3.63) is 332 Å². The van der Waals surface area contributed by atoms with E-state index in [-0.39, 0.29) is 11.8 Å². The van der Waals surface area contributed by atoms with Gasteiger partial charge in [-0.3, -0.25) is 0 Å². The van der Waals surface area contributed by atoms with E-state index in [0.29, 0.717) is 80.8 Å². The number of benzene rings is 12. The lowest BCUT2D eigenvalue weighted by Gasteiger charge is -2.29. The van der Waals surface area contributed by atoms with Crippen molar-refractivity contribution in [3.8, 4) is 92.0 Å². The number of methoxy groups -OCH3 is 16. The van der Waals surface area contributed by atoms with Gasteiger partial charge in [-0.1, -0.05) is 146 Å². The van der Waals surface area contributed by atoms with Crippen molar-refractivity contribution in [1.29, 1.82) is 0 Å². The Morgan fingerprint density at radius 2 is 0.331 bits per heavy atom. The zero-order chi connectivity index (χ0) is 87.7. The summed E-state index contributed by atoms with van der Waals surface area (Å²) >= 11 is 0. The number of hydrogen-bond donors (Lipinski definition) is 0. The first kappa shape index (κ1) is 92.2. The summed E-state index contributed by atoms with van der Waals surface area (Å²) in [5.74, 6) is 12.5. The highest BCUT2D eigenvalue weighted by molar-refractivity contribution is 5.57. The van der Waals surface area contributed by atoms with Crippen LogP contribution in [0.2, 0.25) is 0 Å². The van der Waals surface area contributed by atoms with Crippen LogP contribution >= 0.6 is 0 Å². The van der Waals surface area contributed by atoms with Crippen LogP contribution in [0.3, 0.4) is 0 Å². The summed E-state index contributed by atoms with van der Waals surface area (Å²) in [5.41, 5.74) is 20.2. The molecule has 0 radical (unpaired) electrons. The molecule has 0 aliphatic carbocycles. The first-order valence-corrected chi connectivity index (χ1v) is 42.6. The smallest absolute Gasteiger partial charge is 0.203 e. The summed E-state index contributed by atoms with van der Waals surface area (Å²) < 4.78 is 89.1. The number of ether oxygens (including phenoxy) is 16. The third-order valence-corrected chi connectivity index (χ3v) is 23.9. The topological polar surface area (TPSA) is 148 Å². The maximum Gasteiger partial charge on any atom is 0.203 e. The van der Waals surface area contributed by atoms with Crippen molar-refractivity contribution >= 4 is 0 Å². The molecule has 0 aliphatic rings. The van der Waals surface area contributed by atoms with Gasteiger partial charge in [0.15, 0.2) is 46.0 Å². The average Bonchev–Trinajstić information content (AvgIpc) is 0.834. The third kappa shape index (κ3) is 25.3. The Morgan fingerprint density at radius 1 is 0.161 bits per heavy atom. The van der Waals surface area contributed by atoms with E-state index in [0.717, 1.165) is 148 Å². The van der Waals surface area contributed by atoms with Gasteiger partial charge in [0.25, 0.3) is 0 Å². The Morgan fingerprint density at radius 3 is 0.524 bits per heavy atom. The van der Waals surface area contributed by atoms with E-state index in [9.17, 15) is 0 Å². The van der Waals surface area contributed by atoms with Crippen molar-refractivity contribution in [2.45, 2.75) is 115 Å². The Balaban J connectivity index is 0.000000241. The highest BCUT2D eigenvalue weighted by Crippen LogP contribution is 2.45. The van der Waals surface area contributed by atoms with Gasteiger partial charge >= 0.3 is 0 Å². The molecule has 0 heterocycles. The minimum Gasteiger partial charge on any atom is -0.497 e. The number of aryl methyl sites for hydroxylation is 10. The molecule has 0 saturated carbocycles. The van der Waals surface area contributed by atoms with E-state index in [2.05, 4.69) is 194 Å². The predicted molar refractivity (Wildman–Crippen MR) is 496 cm³/mol. The molecule has 0 fully saturated rings. The van der Waals surface area contributed by atoms with Gasteiger partial charge in [-0.05, 0) is 312 Å². The highest BCUT2D eigenvalue weighted by Gasteiger charge is 2.28. The number of hydrogen-bond acceptors (Lipinski definition) is 16. The SMILES string of the molecule is COc1ccc(CC[C@@H](Cc2ccc(CCc3cc(OC)c(OC)c(OC)c3)cc2)[C@H](Cc2ccc(CCc3cc(OC)c(OC)c(OC)c3)cc2)c2ccc(OC)cc2)cc1.COc1ccc(CC[C@H](Cc2ccc(CCc3cc(OC)c(OC)c(OC)c3)cc2)[C@@H](Cc2ccc(CCc3cc(OC)c(OC)c(OC)c3)cc2)c2ccc(OC)cc2)cc1. The second-order valence-corrected chi connectivity index (χ2v) is 31.3. The van der Waals surface area contributed by atoms with Crippen LogP contribution in [0.15, 0.2) is 243 Å². The van der Waals surface area contributed by atoms with Gasteiger partial charge in [0.1, 0.15) is 23.0 Å². The van der Waals surface area contributed by atoms with Gasteiger partial charge in [0.05, 0.1) is 114 Å². The molecule has 12 aromatic rings. The number of rotatable bonds is 46. The first-order chi connectivity index (χ1) is 60.6. The van der Waals surface area contributed by atoms with Gasteiger partial charge in [-0.15, -0.1) is 0 Å². The van der Waals surface area contributed by atoms with Crippen LogP contribution < -0.4 is 75.8 Å². The summed E-state index contributed by atoms with van der Waals surface area (Å²) in [4.78, 5) is 0. The molecular formula is C108H124O16. The van der Waals surface area contributed by atoms with Crippen LogP contribution in [0.5, 0.6) is 92.0 Å². The molecule has 0 aliphatic heterocycles. The molecule has 0 spiro atoms. The lowest BCUT2D eigenvalue weighted by atomic mass is 9.75. The molecule has 12 rings (SSSR count). The molecule has 16 heteroatoms. The van der Waals surface area contributed by atoms with E-state index in [1.54, 1.807) is 114 Å². The zero-order valence-corrected chi connectivity index (χ0v) is 75.2. The molecule has 0 amide bonds. The lowest BCUT2D eigenvalue weighted by molar-refractivity contribution is 0.324. The minimum atomic E-state index is 0.268. The predicted octanol–water partition coefficient (Wildman–Crippen LogP) is 22.3. The summed E-state index contributed by atoms with van der Waals surface area (Å²) in [5, 5.41) is 0. The molecule has 16 nitrogen and oxygen atoms in total. The fourth-order valence-electron chi connectivity index (χ4n) is 16.8. The zero-order valence-electron chi connectivity index (χ0n) is 75.2. The maximum absolute atomic E-state index is 5.60. The van der Waals surface area contributed by atoms with Crippen molar-refractivity contribution < 1.29 is 75.8 Å². The first-order valence-electron chi connectivity index (χ1n) is 42.6. The second kappa shape index (κ2) is 47.2. The molecule has 0 aromatic heterocycles. The van der Waals surface area contributed by atoms with Crippen molar-refractivity contribution in [2.24, 2.45) is 11.8 Å². The normalized spacial score (nSPS) is 11.9. The van der Waals surface area contributed by atoms with Gasteiger partial charge in [-0.25, -0.2) is 0 Å². The highest BCUT2D eigenvalue weighted by atomic mass is 16.6. The lowest BCUT2D eigenvalue weighted by Crippen LogP contribution is -2.19. The Labute approximate surface area is 735 Å². The molecular weight excluding hydrogens is 1550 g/mol. The van der Waals surface area contributed by atoms with Gasteiger partial charge < -0.3 is 75.8 Å². The molecule has 4 atom stereocenters. The van der Waals surface area contributed by atoms with Crippen LogP contribution in [0.1, 0.15) is 114 Å². The molecule has 12 aromatic carbocycles. The van der Waals surface area contributed by atoms with E-state index in [4.69, 9.17) is 75.8 Å². The quantitative estimate of drug-likeness (QED) is 0.0356. The Kier molecular flexibility index (Phi) is 35.1. The van der Waals surface area contributed by atoms with E-state index >= 15 is 0 Å². The molecule has 0 unspecified atom stereocenters. The fourth-order valence-corrected chi connectivity index (χ4v) is 16.8. The van der Waals surface area contributed by atoms with Gasteiger partial charge in [-0.2, -0.15) is 0 Å². The molecule has 0 saturated heterocycles. The standard InChI is InChI=1S/2C54H62O8/c2*1-55-46-27-22-39(23-28-46)21-24-45(31-40-15-9-37(10-16-40)13-19-42-33-49(57-3)53(61-7)50(34-42)58-4)48(44-25-29-47(56-2)30-26-44)32-41-17-11-38(12-18-41)14-20-43-35-51(59-5)54(62-8)52(36-43)60-6/h2*9-12,15-18,22-23,25-30,33-36,45,48H,13-14,19-21,24,31-32H2,1-8H3/t2*45-,48+/m10/s1. The summed E-state index contributed by atoms with van der Waals surface area (Å²) in [6, 6.07) is 87.4. The van der Waals surface area contributed by atoms with E-state index in [1.165, 1.54) is 66.8 Å². The summed E-state index contributed by atoms with van der Waals surface area (Å²) in [6.45, 7) is 0. The van der Waals surface area contributed by atoms with E-state index < -0.39 is 0 Å². The van der Waals surface area contributed by atoms with Crippen LogP contribution in [0.25, 0.3) is 0 Å². The Hall–Kier alpha value is -12.6. The largest absolute Gasteiger partial charge is 0.497 e. The third-order valence-electron chi connectivity index (χ3n) is 23.9. The van der Waals surface area contributed by atoms with Crippen LogP contribution in [-0.4, -0.2) is 114 Å². The average molecular weight is 1680 g/mol. The van der Waals surface area contributed by atoms with Crippen molar-refractivity contribution in [1.82, 2.24) is 0 Å². The molecule has 0 bridgehead atoms. The summed E-state index contributed by atoms with van der Waals surface area (Å²) in [7, 11) is 26.6. The second-order valence-electron chi connectivity index (χ2n) is 31.3. The maximum atomic E-state index is 5.60. The monoisotopic (exact) mass is 1680 g/mol. The van der Waals surface area contributed by atoms with Crippen molar-refractivity contribution in [3.63, 3.8) is 0 Å². The van der Waals surface area contributed by atoms with Crippen LogP contribution in [0, 0.1) is 11.8 Å². The molecule has 124 heavy (non-hydrogen) atoms. The Bertz CT molecular complexity index is 4800. The van der Waals surface area contributed by atoms with E-state index in [1.807, 2.05) is 48.5 Å². The summed E-state index contributed by atoms with van der Waals surface area (Å²) in [6.07, 6.45) is 14.7. The van der Waals surface area contributed by atoms with Crippen LogP contribution in [0.4, 0.5) is 0 Å². The molecule has 0 N–H and O–H groups in total. The van der Waals surface area contributed by atoms with Gasteiger partial charge in [0, 0.05) is 0 Å². The van der Waals surface area contributed by atoms with Crippen molar-refractivity contribution in [2.75, 3.05) is 114 Å². The van der Waals surface area contributed by atoms with Gasteiger partial charge in [0.2, 0.25) is 23.0 Å². The molecule has 652 valence electrons. The van der Waals surface area contributed by atoms with Crippen LogP contribution in [-0.2, 0) is 89.9 Å². The fraction of sp³-hybridized carbons (Fsp3) is 0.333. The minimum absolute atomic E-state index is 0.268.